The van der Waals surface area contributed by atoms with Crippen LogP contribution in [0.25, 0.3) is 5.70 Å². The molecule has 0 aliphatic heterocycles. The quantitative estimate of drug-likeness (QED) is 0.259. The van der Waals surface area contributed by atoms with Gasteiger partial charge in [0.25, 0.3) is 5.70 Å². The van der Waals surface area contributed by atoms with Crippen molar-refractivity contribution in [3.63, 3.8) is 0 Å². The van der Waals surface area contributed by atoms with Crippen LogP contribution in [0.4, 0.5) is 0 Å². The molecule has 1 aromatic heterocycles. The van der Waals surface area contributed by atoms with E-state index in [1.54, 1.807) is 44.7 Å². The molecule has 1 rings (SSSR count). The minimum atomic E-state index is -0.574. The lowest BCUT2D eigenvalue weighted by Crippen LogP contribution is -2.37. The number of esters is 2. The largest absolute Gasteiger partial charge is 0.466 e. The number of hydrogen-bond donors (Lipinski definition) is 0. The van der Waals surface area contributed by atoms with E-state index in [-0.39, 0.29) is 30.5 Å². The van der Waals surface area contributed by atoms with E-state index in [1.807, 2.05) is 25.3 Å². The third-order valence-electron chi connectivity index (χ3n) is 3.25. The Labute approximate surface area is 175 Å². The normalized spacial score (nSPS) is 12.2. The minimum Gasteiger partial charge on any atom is -0.466 e. The number of thioether (sulfide) groups is 2. The first-order valence-electron chi connectivity index (χ1n) is 8.87. The number of aromatic nitrogens is 1. The smallest absolute Gasteiger partial charge is 0.316 e. The number of ether oxygens (including phenoxy) is 2. The van der Waals surface area contributed by atoms with Crippen molar-refractivity contribution in [3.8, 4) is 0 Å². The van der Waals surface area contributed by atoms with Gasteiger partial charge in [-0.05, 0) is 46.4 Å². The predicted molar refractivity (Wildman–Crippen MR) is 113 cm³/mol. The average molecular weight is 427 g/mol. The van der Waals surface area contributed by atoms with Crippen LogP contribution in [0.1, 0.15) is 39.7 Å². The molecule has 0 N–H and O–H groups in total. The molecule has 0 aliphatic rings. The van der Waals surface area contributed by atoms with Gasteiger partial charge in [-0.25, -0.2) is 0 Å². The zero-order valence-electron chi connectivity index (χ0n) is 17.2. The van der Waals surface area contributed by atoms with Crippen molar-refractivity contribution in [1.29, 1.82) is 0 Å². The number of allylic oxidation sites excluding steroid dienone is 1. The fourth-order valence-electron chi connectivity index (χ4n) is 2.16. The molecule has 0 radical (unpaired) electrons. The second-order valence-electron chi connectivity index (χ2n) is 6.90. The van der Waals surface area contributed by atoms with Gasteiger partial charge in [0.15, 0.2) is 12.4 Å². The molecule has 0 saturated carbocycles. The van der Waals surface area contributed by atoms with Gasteiger partial charge in [-0.15, -0.1) is 23.5 Å². The highest BCUT2D eigenvalue weighted by Gasteiger charge is 2.29. The van der Waals surface area contributed by atoms with Crippen LogP contribution in [0, 0.1) is 6.92 Å². The predicted octanol–water partition coefficient (Wildman–Crippen LogP) is 3.37. The van der Waals surface area contributed by atoms with Crippen LogP contribution >= 0.6 is 23.5 Å². The number of Topliss-reactive ketones (excluding diaryl/α,β-unsaturated/α-hetero) is 1. The van der Waals surface area contributed by atoms with Gasteiger partial charge < -0.3 is 9.47 Å². The highest BCUT2D eigenvalue weighted by Crippen LogP contribution is 2.31. The Morgan fingerprint density at radius 2 is 1.71 bits per heavy atom. The summed E-state index contributed by atoms with van der Waals surface area (Å²) in [6.07, 6.45) is 4.99. The van der Waals surface area contributed by atoms with E-state index in [4.69, 9.17) is 9.47 Å². The second-order valence-corrected chi connectivity index (χ2v) is 8.96. The molecule has 154 valence electrons. The fraction of sp³-hybridized carbons (Fsp3) is 0.500. The highest BCUT2D eigenvalue weighted by molar-refractivity contribution is 8.22. The van der Waals surface area contributed by atoms with Gasteiger partial charge in [-0.3, -0.25) is 14.4 Å². The van der Waals surface area contributed by atoms with Crippen molar-refractivity contribution >= 4 is 46.9 Å². The summed E-state index contributed by atoms with van der Waals surface area (Å²) in [5, 5.41) is 0. The van der Waals surface area contributed by atoms with Crippen molar-refractivity contribution in [2.75, 3.05) is 18.6 Å². The highest BCUT2D eigenvalue weighted by atomic mass is 32.2. The van der Waals surface area contributed by atoms with Crippen LogP contribution < -0.4 is 4.57 Å². The number of aryl methyl sites for hydroxylation is 1. The monoisotopic (exact) mass is 426 g/mol. The zero-order chi connectivity index (χ0) is 21.3. The van der Waals surface area contributed by atoms with E-state index in [2.05, 4.69) is 0 Å². The molecule has 0 atom stereocenters. The standard InChI is InChI=1S/C20H28NO5S2/c1-7-25-16(23)12-15(22)18(21-10-8-14(2)9-11-21)19(27-6)28-13-17(24)26-20(3,4)5/h8-11H,7,12-13H2,1-6H3/q+1/b19-18-. The minimum absolute atomic E-state index is 0.0655. The zero-order valence-corrected chi connectivity index (χ0v) is 18.9. The van der Waals surface area contributed by atoms with Gasteiger partial charge in [0.2, 0.25) is 5.78 Å². The molecule has 0 aromatic carbocycles. The third kappa shape index (κ3) is 8.48. The summed E-state index contributed by atoms with van der Waals surface area (Å²) in [6.45, 7) is 9.26. The first-order chi connectivity index (χ1) is 13.1. The molecule has 1 heterocycles. The van der Waals surface area contributed by atoms with Gasteiger partial charge in [0, 0.05) is 12.1 Å². The van der Waals surface area contributed by atoms with E-state index >= 15 is 0 Å². The summed E-state index contributed by atoms with van der Waals surface area (Å²) >= 11 is 2.57. The maximum atomic E-state index is 12.9. The maximum absolute atomic E-state index is 12.9. The van der Waals surface area contributed by atoms with Crippen LogP contribution in [0.5, 0.6) is 0 Å². The van der Waals surface area contributed by atoms with E-state index in [1.165, 1.54) is 23.5 Å². The summed E-state index contributed by atoms with van der Waals surface area (Å²) in [4.78, 5) is 36.8. The molecule has 0 spiro atoms. The lowest BCUT2D eigenvalue weighted by molar-refractivity contribution is -0.577. The first-order valence-corrected chi connectivity index (χ1v) is 11.1. The Morgan fingerprint density at radius 1 is 1.11 bits per heavy atom. The number of nitrogens with zero attached hydrogens (tertiary/aromatic N) is 1. The number of pyridine rings is 1. The average Bonchev–Trinajstić information content (AvgIpc) is 2.58. The number of ketones is 1. The summed E-state index contributed by atoms with van der Waals surface area (Å²) in [6, 6.07) is 3.74. The topological polar surface area (TPSA) is 73.5 Å². The Hall–Kier alpha value is -1.80. The lowest BCUT2D eigenvalue weighted by atomic mass is 10.2. The summed E-state index contributed by atoms with van der Waals surface area (Å²) in [7, 11) is 0. The molecule has 0 bridgehead atoms. The molecular weight excluding hydrogens is 398 g/mol. The van der Waals surface area contributed by atoms with Crippen molar-refractivity contribution in [2.24, 2.45) is 0 Å². The van der Waals surface area contributed by atoms with E-state index in [0.717, 1.165) is 5.56 Å². The molecular formula is C20H28NO5S2+. The molecule has 0 unspecified atom stereocenters. The molecule has 1 aromatic rings. The number of carbonyl (C=O) groups excluding carboxylic acids is 3. The molecule has 0 fully saturated rings. The van der Waals surface area contributed by atoms with Crippen LogP contribution in [0.2, 0.25) is 0 Å². The van der Waals surface area contributed by atoms with Crippen LogP contribution in [0.15, 0.2) is 28.8 Å². The third-order valence-corrected chi connectivity index (χ3v) is 5.50. The number of hydrogen-bond acceptors (Lipinski definition) is 7. The fourth-order valence-corrected chi connectivity index (χ4v) is 3.88. The summed E-state index contributed by atoms with van der Waals surface area (Å²) in [5.41, 5.74) is 0.810. The Bertz CT molecular complexity index is 736. The number of carbonyl (C=O) groups is 3. The van der Waals surface area contributed by atoms with Gasteiger partial charge in [0.1, 0.15) is 16.3 Å². The van der Waals surface area contributed by atoms with Gasteiger partial charge >= 0.3 is 11.9 Å². The van der Waals surface area contributed by atoms with E-state index in [0.29, 0.717) is 9.93 Å². The molecule has 0 saturated heterocycles. The van der Waals surface area contributed by atoms with Gasteiger partial charge in [-0.2, -0.15) is 4.57 Å². The Balaban J connectivity index is 3.17. The molecule has 6 nitrogen and oxygen atoms in total. The molecule has 28 heavy (non-hydrogen) atoms. The Morgan fingerprint density at radius 3 is 2.21 bits per heavy atom. The van der Waals surface area contributed by atoms with E-state index in [9.17, 15) is 14.4 Å². The van der Waals surface area contributed by atoms with Gasteiger partial charge in [0.05, 0.1) is 12.4 Å². The van der Waals surface area contributed by atoms with Crippen molar-refractivity contribution in [1.82, 2.24) is 0 Å². The van der Waals surface area contributed by atoms with Crippen LogP contribution in [0.3, 0.4) is 0 Å². The molecule has 8 heteroatoms. The maximum Gasteiger partial charge on any atom is 0.316 e. The summed E-state index contributed by atoms with van der Waals surface area (Å²) < 4.78 is 12.5. The molecule has 0 aliphatic carbocycles. The Kier molecular flexibility index (Phi) is 9.75. The van der Waals surface area contributed by atoms with Crippen molar-refractivity contribution in [2.45, 2.75) is 46.6 Å². The number of rotatable bonds is 9. The SMILES string of the molecule is CCOC(=O)CC(=O)/C(=C(\SC)SCC(=O)OC(C)(C)C)[n+]1ccc(C)cc1. The van der Waals surface area contributed by atoms with Crippen LogP contribution in [-0.2, 0) is 23.9 Å². The van der Waals surface area contributed by atoms with Crippen LogP contribution in [-0.4, -0.2) is 41.9 Å². The van der Waals surface area contributed by atoms with Crippen molar-refractivity contribution in [3.05, 3.63) is 34.3 Å². The second kappa shape index (κ2) is 11.3. The van der Waals surface area contributed by atoms with Gasteiger partial charge in [-0.1, -0.05) is 0 Å². The first kappa shape index (κ1) is 24.2. The summed E-state index contributed by atoms with van der Waals surface area (Å²) in [5.74, 6) is -1.24. The van der Waals surface area contributed by atoms with Crippen molar-refractivity contribution < 1.29 is 28.4 Å². The lowest BCUT2D eigenvalue weighted by Gasteiger charge is -2.19. The molecule has 0 amide bonds. The van der Waals surface area contributed by atoms with E-state index < -0.39 is 11.6 Å².